The van der Waals surface area contributed by atoms with Crippen LogP contribution in [0.4, 0.5) is 5.69 Å². The van der Waals surface area contributed by atoms with E-state index in [1.54, 1.807) is 0 Å². The Kier molecular flexibility index (Phi) is 6.58. The van der Waals surface area contributed by atoms with Crippen LogP contribution < -0.4 is 5.32 Å². The summed E-state index contributed by atoms with van der Waals surface area (Å²) in [6.07, 6.45) is 4.52. The summed E-state index contributed by atoms with van der Waals surface area (Å²) in [5, 5.41) is 15.1. The van der Waals surface area contributed by atoms with E-state index < -0.39 is 0 Å². The maximum absolute atomic E-state index is 12.5. The molecule has 7 heteroatoms. The van der Waals surface area contributed by atoms with E-state index >= 15 is 0 Å². The molecule has 0 bridgehead atoms. The van der Waals surface area contributed by atoms with Gasteiger partial charge in [0.25, 0.3) is 0 Å². The molecule has 2 aromatic heterocycles. The molecule has 1 aliphatic rings. The first-order chi connectivity index (χ1) is 14.6. The second kappa shape index (κ2) is 9.35. The second-order valence-corrected chi connectivity index (χ2v) is 9.92. The minimum atomic E-state index is -0.0243. The van der Waals surface area contributed by atoms with Crippen molar-refractivity contribution in [2.75, 3.05) is 11.1 Å². The van der Waals surface area contributed by atoms with Crippen molar-refractivity contribution in [3.63, 3.8) is 0 Å². The van der Waals surface area contributed by atoms with Gasteiger partial charge in [0, 0.05) is 28.1 Å². The SMILES string of the molecule is CCCn1c(SCC(=O)Nc2ccccc2C)nnc1-c1csc2c1CCC(C)C2. The van der Waals surface area contributed by atoms with E-state index in [4.69, 9.17) is 0 Å². The Hall–Kier alpha value is -2.12. The van der Waals surface area contributed by atoms with Gasteiger partial charge in [-0.1, -0.05) is 43.8 Å². The minimum absolute atomic E-state index is 0.0243. The molecule has 3 aromatic rings. The molecule has 158 valence electrons. The van der Waals surface area contributed by atoms with Crippen molar-refractivity contribution in [2.24, 2.45) is 5.92 Å². The number of hydrogen-bond donors (Lipinski definition) is 1. The van der Waals surface area contributed by atoms with Gasteiger partial charge in [0.15, 0.2) is 11.0 Å². The number of thiophene rings is 1. The molecule has 0 fully saturated rings. The molecule has 2 heterocycles. The highest BCUT2D eigenvalue weighted by Crippen LogP contribution is 2.38. The van der Waals surface area contributed by atoms with Crippen LogP contribution in [-0.2, 0) is 24.2 Å². The van der Waals surface area contributed by atoms with Gasteiger partial charge in [0.2, 0.25) is 5.91 Å². The molecule has 1 unspecified atom stereocenters. The van der Waals surface area contributed by atoms with Crippen molar-refractivity contribution in [1.82, 2.24) is 14.8 Å². The van der Waals surface area contributed by atoms with Crippen LogP contribution in [0.15, 0.2) is 34.8 Å². The molecule has 0 saturated carbocycles. The predicted octanol–water partition coefficient (Wildman–Crippen LogP) is 5.58. The van der Waals surface area contributed by atoms with Gasteiger partial charge in [0.05, 0.1) is 5.75 Å². The van der Waals surface area contributed by atoms with E-state index in [2.05, 4.69) is 39.3 Å². The highest BCUT2D eigenvalue weighted by atomic mass is 32.2. The number of thioether (sulfide) groups is 1. The van der Waals surface area contributed by atoms with Crippen LogP contribution in [0.3, 0.4) is 0 Å². The van der Waals surface area contributed by atoms with Gasteiger partial charge in [0.1, 0.15) is 0 Å². The third kappa shape index (κ3) is 4.47. The molecule has 0 spiro atoms. The van der Waals surface area contributed by atoms with E-state index in [0.717, 1.165) is 47.5 Å². The van der Waals surface area contributed by atoms with Crippen LogP contribution in [0, 0.1) is 12.8 Å². The maximum Gasteiger partial charge on any atom is 0.234 e. The van der Waals surface area contributed by atoms with Gasteiger partial charge >= 0.3 is 0 Å². The fourth-order valence-electron chi connectivity index (χ4n) is 3.91. The van der Waals surface area contributed by atoms with Crippen LogP contribution in [0.25, 0.3) is 11.4 Å². The zero-order valence-corrected chi connectivity index (χ0v) is 19.4. The summed E-state index contributed by atoms with van der Waals surface area (Å²) >= 11 is 3.31. The number of nitrogens with zero attached hydrogens (tertiary/aromatic N) is 3. The van der Waals surface area contributed by atoms with Crippen molar-refractivity contribution < 1.29 is 4.79 Å². The Morgan fingerprint density at radius 3 is 2.97 bits per heavy atom. The standard InChI is InChI=1S/C23H28N4OS2/c1-4-11-27-22(18-13-29-20-12-15(2)9-10-17(18)20)25-26-23(27)30-14-21(28)24-19-8-6-5-7-16(19)3/h5-8,13,15H,4,9-12,14H2,1-3H3,(H,24,28). The monoisotopic (exact) mass is 440 g/mol. The lowest BCUT2D eigenvalue weighted by Crippen LogP contribution is -2.15. The topological polar surface area (TPSA) is 59.8 Å². The number of benzene rings is 1. The smallest absolute Gasteiger partial charge is 0.234 e. The Morgan fingerprint density at radius 2 is 2.17 bits per heavy atom. The molecule has 5 nitrogen and oxygen atoms in total. The van der Waals surface area contributed by atoms with E-state index in [1.807, 2.05) is 42.5 Å². The number of nitrogens with one attached hydrogen (secondary N) is 1. The van der Waals surface area contributed by atoms with Gasteiger partial charge in [-0.3, -0.25) is 4.79 Å². The molecule has 0 radical (unpaired) electrons. The number of rotatable bonds is 7. The van der Waals surface area contributed by atoms with E-state index in [9.17, 15) is 4.79 Å². The summed E-state index contributed by atoms with van der Waals surface area (Å²) in [5.74, 6) is 2.00. The number of anilines is 1. The molecule has 1 N–H and O–H groups in total. The van der Waals surface area contributed by atoms with Crippen LogP contribution >= 0.6 is 23.1 Å². The number of aromatic nitrogens is 3. The van der Waals surface area contributed by atoms with Gasteiger partial charge in [-0.25, -0.2) is 0 Å². The van der Waals surface area contributed by atoms with Crippen LogP contribution in [0.1, 0.15) is 42.7 Å². The van der Waals surface area contributed by atoms with Crippen molar-refractivity contribution >= 4 is 34.7 Å². The van der Waals surface area contributed by atoms with Gasteiger partial charge in [-0.2, -0.15) is 0 Å². The van der Waals surface area contributed by atoms with E-state index in [1.165, 1.54) is 40.6 Å². The Labute approximate surface area is 186 Å². The predicted molar refractivity (Wildman–Crippen MR) is 125 cm³/mol. The average molecular weight is 441 g/mol. The average Bonchev–Trinajstić information content (AvgIpc) is 3.32. The molecular formula is C23H28N4OS2. The lowest BCUT2D eigenvalue weighted by atomic mass is 9.88. The van der Waals surface area contributed by atoms with Crippen LogP contribution in [0.2, 0.25) is 0 Å². The maximum atomic E-state index is 12.5. The van der Waals surface area contributed by atoms with Crippen molar-refractivity contribution in [2.45, 2.75) is 58.2 Å². The first kappa shape index (κ1) is 21.1. The molecule has 30 heavy (non-hydrogen) atoms. The third-order valence-corrected chi connectivity index (χ3v) is 7.58. The fourth-order valence-corrected chi connectivity index (χ4v) is 5.92. The molecule has 4 rings (SSSR count). The van der Waals surface area contributed by atoms with Crippen LogP contribution in [-0.4, -0.2) is 26.4 Å². The van der Waals surface area contributed by atoms with Gasteiger partial charge in [-0.15, -0.1) is 21.5 Å². The van der Waals surface area contributed by atoms with Crippen molar-refractivity contribution in [3.8, 4) is 11.4 Å². The van der Waals surface area contributed by atoms with Gasteiger partial charge < -0.3 is 9.88 Å². The highest BCUT2D eigenvalue weighted by molar-refractivity contribution is 7.99. The highest BCUT2D eigenvalue weighted by Gasteiger charge is 2.24. The van der Waals surface area contributed by atoms with Crippen LogP contribution in [0.5, 0.6) is 0 Å². The number of amides is 1. The van der Waals surface area contributed by atoms with Crippen molar-refractivity contribution in [1.29, 1.82) is 0 Å². The Bertz CT molecular complexity index is 1040. The summed E-state index contributed by atoms with van der Waals surface area (Å²) in [6.45, 7) is 7.34. The zero-order valence-electron chi connectivity index (χ0n) is 17.8. The summed E-state index contributed by atoms with van der Waals surface area (Å²) in [6, 6.07) is 7.83. The minimum Gasteiger partial charge on any atom is -0.325 e. The van der Waals surface area contributed by atoms with Crippen molar-refractivity contribution in [3.05, 3.63) is 45.6 Å². The summed E-state index contributed by atoms with van der Waals surface area (Å²) < 4.78 is 2.19. The first-order valence-corrected chi connectivity index (χ1v) is 12.4. The summed E-state index contributed by atoms with van der Waals surface area (Å²) in [5.41, 5.74) is 4.61. The number of hydrogen-bond acceptors (Lipinski definition) is 5. The molecule has 0 aliphatic heterocycles. The summed E-state index contributed by atoms with van der Waals surface area (Å²) in [7, 11) is 0. The molecule has 1 aliphatic carbocycles. The lowest BCUT2D eigenvalue weighted by molar-refractivity contribution is -0.113. The number of carbonyl (C=O) groups excluding carboxylic acids is 1. The largest absolute Gasteiger partial charge is 0.325 e. The van der Waals surface area contributed by atoms with E-state index in [-0.39, 0.29) is 5.91 Å². The summed E-state index contributed by atoms with van der Waals surface area (Å²) in [4.78, 5) is 14.0. The number of aryl methyl sites for hydroxylation is 1. The normalized spacial score (nSPS) is 15.8. The fraction of sp³-hybridized carbons (Fsp3) is 0.435. The van der Waals surface area contributed by atoms with E-state index in [0.29, 0.717) is 5.75 Å². The second-order valence-electron chi connectivity index (χ2n) is 8.01. The molecular weight excluding hydrogens is 412 g/mol. The van der Waals surface area contributed by atoms with Gasteiger partial charge in [-0.05, 0) is 55.7 Å². The third-order valence-electron chi connectivity index (χ3n) is 5.56. The number of carbonyl (C=O) groups is 1. The number of fused-ring (bicyclic) bond motifs is 1. The molecule has 1 aromatic carbocycles. The molecule has 1 atom stereocenters. The number of para-hydroxylation sites is 1. The molecule has 1 amide bonds. The molecule has 0 saturated heterocycles. The Morgan fingerprint density at radius 1 is 1.33 bits per heavy atom. The first-order valence-electron chi connectivity index (χ1n) is 10.6. The lowest BCUT2D eigenvalue weighted by Gasteiger charge is -2.19. The Balaban J connectivity index is 1.51. The zero-order chi connectivity index (χ0) is 21.1. The quantitative estimate of drug-likeness (QED) is 0.487.